The first-order valence-corrected chi connectivity index (χ1v) is 4.80. The van der Waals surface area contributed by atoms with E-state index < -0.39 is 5.92 Å². The van der Waals surface area contributed by atoms with Crippen LogP contribution in [0.2, 0.25) is 0 Å². The number of aliphatic hydroxyl groups excluding tert-OH is 1. The van der Waals surface area contributed by atoms with E-state index in [-0.39, 0.29) is 11.5 Å². The molecule has 0 aromatic carbocycles. The lowest BCUT2D eigenvalue weighted by Gasteiger charge is -2.12. The molecular formula is C13H10O3. The Morgan fingerprint density at radius 3 is 2.81 bits per heavy atom. The van der Waals surface area contributed by atoms with Crippen LogP contribution in [-0.2, 0) is 9.59 Å². The third-order valence-electron chi connectivity index (χ3n) is 2.01. The molecule has 16 heavy (non-hydrogen) atoms. The molecule has 80 valence electrons. The van der Waals surface area contributed by atoms with Crippen LogP contribution in [0.25, 0.3) is 0 Å². The van der Waals surface area contributed by atoms with Crippen LogP contribution in [0, 0.1) is 29.6 Å². The minimum atomic E-state index is -0.436. The van der Waals surface area contributed by atoms with Gasteiger partial charge in [-0.1, -0.05) is 17.8 Å². The highest BCUT2D eigenvalue weighted by Crippen LogP contribution is 2.17. The fourth-order valence-corrected chi connectivity index (χ4v) is 1.25. The fraction of sp³-hybridized carbons (Fsp3) is 0.231. The number of rotatable bonds is 0. The molecule has 0 fully saturated rings. The first-order valence-electron chi connectivity index (χ1n) is 4.80. The molecule has 0 spiro atoms. The third-order valence-corrected chi connectivity index (χ3v) is 2.01. The van der Waals surface area contributed by atoms with Gasteiger partial charge in [-0.2, -0.15) is 0 Å². The highest BCUT2D eigenvalue weighted by Gasteiger charge is 2.22. The number of hydrogen-bond acceptors (Lipinski definition) is 3. The summed E-state index contributed by atoms with van der Waals surface area (Å²) in [7, 11) is 0. The maximum atomic E-state index is 11.4. The Kier molecular flexibility index (Phi) is 4.63. The van der Waals surface area contributed by atoms with Crippen molar-refractivity contribution in [3.8, 4) is 23.7 Å². The van der Waals surface area contributed by atoms with Gasteiger partial charge >= 0.3 is 0 Å². The van der Waals surface area contributed by atoms with Gasteiger partial charge in [0.25, 0.3) is 0 Å². The molecule has 1 N–H and O–H groups in total. The summed E-state index contributed by atoms with van der Waals surface area (Å²) < 4.78 is 0. The zero-order valence-electron chi connectivity index (χ0n) is 8.56. The van der Waals surface area contributed by atoms with E-state index in [9.17, 15) is 14.7 Å². The number of carbonyl (C=O) groups excluding carboxylic acids is 2. The summed E-state index contributed by atoms with van der Waals surface area (Å²) >= 11 is 0. The molecule has 0 aliphatic heterocycles. The first kappa shape index (κ1) is 11.8. The number of aliphatic hydroxyl groups is 1. The van der Waals surface area contributed by atoms with Crippen LogP contribution < -0.4 is 0 Å². The molecule has 0 amide bonds. The highest BCUT2D eigenvalue weighted by molar-refractivity contribution is 5.97. The lowest BCUT2D eigenvalue weighted by atomic mass is 9.92. The molecule has 0 saturated carbocycles. The quantitative estimate of drug-likeness (QED) is 0.486. The van der Waals surface area contributed by atoms with Gasteiger partial charge < -0.3 is 5.11 Å². The van der Waals surface area contributed by atoms with E-state index in [1.807, 2.05) is 0 Å². The van der Waals surface area contributed by atoms with E-state index in [4.69, 9.17) is 0 Å². The summed E-state index contributed by atoms with van der Waals surface area (Å²) in [6.45, 7) is 0. The van der Waals surface area contributed by atoms with Gasteiger partial charge in [0, 0.05) is 0 Å². The summed E-state index contributed by atoms with van der Waals surface area (Å²) in [5, 5.41) is 9.19. The second kappa shape index (κ2) is 6.27. The van der Waals surface area contributed by atoms with Gasteiger partial charge in [-0.15, -0.1) is 0 Å². The largest absolute Gasteiger partial charge is 0.505 e. The Morgan fingerprint density at radius 1 is 1.31 bits per heavy atom. The van der Waals surface area contributed by atoms with Gasteiger partial charge in [0.2, 0.25) is 5.78 Å². The van der Waals surface area contributed by atoms with Crippen molar-refractivity contribution in [2.75, 3.05) is 0 Å². The zero-order valence-corrected chi connectivity index (χ0v) is 8.56. The van der Waals surface area contributed by atoms with E-state index in [2.05, 4.69) is 23.7 Å². The van der Waals surface area contributed by atoms with Gasteiger partial charge in [0.05, 0.1) is 5.92 Å². The Hall–Kier alpha value is -2.26. The molecule has 1 rings (SSSR count). The minimum absolute atomic E-state index is 0.199. The molecule has 1 atom stereocenters. The van der Waals surface area contributed by atoms with Gasteiger partial charge in [0.15, 0.2) is 12.0 Å². The van der Waals surface area contributed by atoms with E-state index in [0.717, 1.165) is 0 Å². The molecule has 1 unspecified atom stereocenters. The monoisotopic (exact) mass is 214 g/mol. The smallest absolute Gasteiger partial charge is 0.211 e. The zero-order chi connectivity index (χ0) is 11.8. The molecule has 0 aromatic heterocycles. The van der Waals surface area contributed by atoms with E-state index in [1.165, 1.54) is 18.2 Å². The topological polar surface area (TPSA) is 54.4 Å². The second-order valence-corrected chi connectivity index (χ2v) is 3.11. The van der Waals surface area contributed by atoms with Gasteiger partial charge in [-0.05, 0) is 37.0 Å². The third kappa shape index (κ3) is 3.48. The van der Waals surface area contributed by atoms with Crippen molar-refractivity contribution >= 4 is 12.1 Å². The van der Waals surface area contributed by atoms with E-state index in [0.29, 0.717) is 19.1 Å². The molecule has 0 saturated heterocycles. The van der Waals surface area contributed by atoms with Crippen LogP contribution in [0.4, 0.5) is 0 Å². The number of carbonyl (C=O) groups is 2. The SMILES string of the molecule is O=CC#CC=CC#CC1CCC=C(O)C1=O. The summed E-state index contributed by atoms with van der Waals surface area (Å²) in [6.07, 6.45) is 6.19. The Labute approximate surface area is 93.8 Å². The molecule has 0 aromatic rings. The van der Waals surface area contributed by atoms with Gasteiger partial charge in [-0.3, -0.25) is 9.59 Å². The van der Waals surface area contributed by atoms with E-state index in [1.54, 1.807) is 0 Å². The average Bonchev–Trinajstić information content (AvgIpc) is 2.29. The first-order chi connectivity index (χ1) is 7.75. The van der Waals surface area contributed by atoms with Crippen molar-refractivity contribution in [1.82, 2.24) is 0 Å². The average molecular weight is 214 g/mol. The summed E-state index contributed by atoms with van der Waals surface area (Å²) in [5.74, 6) is 9.08. The van der Waals surface area contributed by atoms with Crippen molar-refractivity contribution in [2.45, 2.75) is 12.8 Å². The maximum Gasteiger partial charge on any atom is 0.211 e. The minimum Gasteiger partial charge on any atom is -0.505 e. The fourth-order valence-electron chi connectivity index (χ4n) is 1.25. The van der Waals surface area contributed by atoms with Crippen LogP contribution in [0.15, 0.2) is 24.0 Å². The van der Waals surface area contributed by atoms with Crippen molar-refractivity contribution in [3.63, 3.8) is 0 Å². The molecule has 1 aliphatic rings. The van der Waals surface area contributed by atoms with Crippen LogP contribution in [-0.4, -0.2) is 17.2 Å². The van der Waals surface area contributed by atoms with E-state index >= 15 is 0 Å². The van der Waals surface area contributed by atoms with Gasteiger partial charge in [0.1, 0.15) is 0 Å². The Morgan fingerprint density at radius 2 is 2.06 bits per heavy atom. The molecule has 1 aliphatic carbocycles. The molecule has 0 bridgehead atoms. The molecule has 0 radical (unpaired) electrons. The predicted octanol–water partition coefficient (Wildman–Crippen LogP) is 1.17. The summed E-state index contributed by atoms with van der Waals surface area (Å²) in [6, 6.07) is 0. The van der Waals surface area contributed by atoms with Crippen molar-refractivity contribution in [2.24, 2.45) is 5.92 Å². The van der Waals surface area contributed by atoms with Crippen molar-refractivity contribution in [3.05, 3.63) is 24.0 Å². The number of ketones is 1. The lowest BCUT2D eigenvalue weighted by Crippen LogP contribution is -2.18. The Bertz CT molecular complexity index is 461. The van der Waals surface area contributed by atoms with Crippen molar-refractivity contribution in [1.29, 1.82) is 0 Å². The second-order valence-electron chi connectivity index (χ2n) is 3.11. The number of Topliss-reactive ketones (excluding diaryl/α,β-unsaturated/α-hetero) is 1. The molecule has 0 heterocycles. The van der Waals surface area contributed by atoms with Crippen molar-refractivity contribution < 1.29 is 14.7 Å². The Balaban J connectivity index is 2.58. The molecular weight excluding hydrogens is 204 g/mol. The van der Waals surface area contributed by atoms with Crippen LogP contribution in [0.3, 0.4) is 0 Å². The normalized spacial score (nSPS) is 19.1. The van der Waals surface area contributed by atoms with Crippen LogP contribution in [0.5, 0.6) is 0 Å². The highest BCUT2D eigenvalue weighted by atomic mass is 16.3. The molecule has 3 nitrogen and oxygen atoms in total. The number of hydrogen-bond donors (Lipinski definition) is 1. The van der Waals surface area contributed by atoms with Crippen LogP contribution in [0.1, 0.15) is 12.8 Å². The maximum absolute atomic E-state index is 11.4. The van der Waals surface area contributed by atoms with Gasteiger partial charge in [-0.25, -0.2) is 0 Å². The molecule has 3 heteroatoms. The predicted molar refractivity (Wildman–Crippen MR) is 59.2 cm³/mol. The summed E-state index contributed by atoms with van der Waals surface area (Å²) in [5.41, 5.74) is 0. The van der Waals surface area contributed by atoms with Crippen LogP contribution >= 0.6 is 0 Å². The standard InChI is InChI=1S/C13H10O3/c14-10-5-3-1-2-4-7-11-8-6-9-12(15)13(11)16/h1-2,9-11,15H,6,8H2. The number of allylic oxidation sites excluding steroid dienone is 4. The summed E-state index contributed by atoms with van der Waals surface area (Å²) in [4.78, 5) is 21.2. The lowest BCUT2D eigenvalue weighted by molar-refractivity contribution is -0.120. The number of aldehydes is 1.